The zero-order chi connectivity index (χ0) is 13.9. The second-order valence-electron chi connectivity index (χ2n) is 5.44. The van der Waals surface area contributed by atoms with Gasteiger partial charge in [-0.25, -0.2) is 4.39 Å². The molecule has 1 atom stereocenters. The van der Waals surface area contributed by atoms with E-state index in [9.17, 15) is 9.50 Å². The molecule has 102 valence electrons. The first-order chi connectivity index (χ1) is 8.32. The van der Waals surface area contributed by atoms with Gasteiger partial charge >= 0.3 is 0 Å². The third kappa shape index (κ3) is 3.70. The van der Waals surface area contributed by atoms with Gasteiger partial charge in [-0.1, -0.05) is 13.8 Å². The molecular weight excluding hydrogens is 229 g/mol. The Morgan fingerprint density at radius 1 is 1.28 bits per heavy atom. The number of benzene rings is 1. The van der Waals surface area contributed by atoms with Crippen LogP contribution in [-0.2, 0) is 0 Å². The fraction of sp³-hybridized carbons (Fsp3) is 0.600. The van der Waals surface area contributed by atoms with E-state index in [2.05, 4.69) is 18.7 Å². The smallest absolute Gasteiger partial charge is 0.126 e. The van der Waals surface area contributed by atoms with Crippen LogP contribution in [0.4, 0.5) is 10.1 Å². The molecule has 1 unspecified atom stereocenters. The van der Waals surface area contributed by atoms with Crippen molar-refractivity contribution < 1.29 is 9.50 Å². The van der Waals surface area contributed by atoms with Crippen LogP contribution in [0.15, 0.2) is 12.1 Å². The molecule has 1 aromatic carbocycles. The molecule has 2 nitrogen and oxygen atoms in total. The summed E-state index contributed by atoms with van der Waals surface area (Å²) in [6.07, 6.45) is 0.420. The Labute approximate surface area is 109 Å². The van der Waals surface area contributed by atoms with E-state index in [1.165, 1.54) is 6.07 Å². The zero-order valence-corrected chi connectivity index (χ0v) is 12.0. The van der Waals surface area contributed by atoms with Crippen molar-refractivity contribution in [2.45, 2.75) is 40.2 Å². The third-order valence-electron chi connectivity index (χ3n) is 3.21. The number of anilines is 1. The lowest BCUT2D eigenvalue weighted by Crippen LogP contribution is -2.22. The minimum atomic E-state index is -0.656. The van der Waals surface area contributed by atoms with Crippen molar-refractivity contribution in [2.75, 3.05) is 18.5 Å². The van der Waals surface area contributed by atoms with Gasteiger partial charge in [0, 0.05) is 24.8 Å². The topological polar surface area (TPSA) is 23.5 Å². The molecule has 18 heavy (non-hydrogen) atoms. The molecule has 0 heterocycles. The number of nitrogens with zero attached hydrogens (tertiary/aromatic N) is 1. The highest BCUT2D eigenvalue weighted by molar-refractivity contribution is 5.56. The predicted octanol–water partition coefficient (Wildman–Crippen LogP) is 3.67. The molecule has 0 saturated carbocycles. The molecule has 0 aliphatic carbocycles. The summed E-state index contributed by atoms with van der Waals surface area (Å²) in [6.45, 7) is 8.69. The normalized spacial score (nSPS) is 12.9. The SMILES string of the molecule is Cc1cc(N(C)CCC(C)C)c(C(C)O)cc1F. The molecule has 1 aromatic rings. The molecular formula is C15H24FNO. The standard InChI is InChI=1S/C15H24FNO/c1-10(2)6-7-17(5)15-8-11(3)14(16)9-13(15)12(4)18/h8-10,12,18H,6-7H2,1-5H3. The van der Waals surface area contributed by atoms with Gasteiger partial charge in [0.1, 0.15) is 5.82 Å². The Bertz CT molecular complexity index is 402. The summed E-state index contributed by atoms with van der Waals surface area (Å²) in [6, 6.07) is 3.26. The summed E-state index contributed by atoms with van der Waals surface area (Å²) in [4.78, 5) is 2.09. The lowest BCUT2D eigenvalue weighted by atomic mass is 10.0. The van der Waals surface area contributed by atoms with Crippen molar-refractivity contribution in [3.05, 3.63) is 29.1 Å². The monoisotopic (exact) mass is 253 g/mol. The Morgan fingerprint density at radius 2 is 1.89 bits per heavy atom. The van der Waals surface area contributed by atoms with E-state index in [0.29, 0.717) is 17.0 Å². The van der Waals surface area contributed by atoms with Gasteiger partial charge in [0.15, 0.2) is 0 Å². The summed E-state index contributed by atoms with van der Waals surface area (Å²) in [5, 5.41) is 9.75. The molecule has 0 bridgehead atoms. The molecule has 0 aliphatic heterocycles. The van der Waals surface area contributed by atoms with E-state index in [1.807, 2.05) is 13.1 Å². The van der Waals surface area contributed by atoms with Crippen molar-refractivity contribution in [1.82, 2.24) is 0 Å². The summed E-state index contributed by atoms with van der Waals surface area (Å²) in [7, 11) is 1.99. The summed E-state index contributed by atoms with van der Waals surface area (Å²) in [5.41, 5.74) is 2.19. The quantitative estimate of drug-likeness (QED) is 0.865. The maximum atomic E-state index is 13.6. The van der Waals surface area contributed by atoms with E-state index in [0.717, 1.165) is 18.7 Å². The first-order valence-electron chi connectivity index (χ1n) is 6.52. The molecule has 0 fully saturated rings. The Hall–Kier alpha value is -1.09. The van der Waals surface area contributed by atoms with Crippen molar-refractivity contribution in [2.24, 2.45) is 5.92 Å². The van der Waals surface area contributed by atoms with Crippen molar-refractivity contribution in [3.63, 3.8) is 0 Å². The van der Waals surface area contributed by atoms with Gasteiger partial charge in [-0.2, -0.15) is 0 Å². The molecule has 1 N–H and O–H groups in total. The number of hydrogen-bond donors (Lipinski definition) is 1. The highest BCUT2D eigenvalue weighted by Gasteiger charge is 2.15. The molecule has 0 aliphatic rings. The molecule has 0 saturated heterocycles. The average Bonchev–Trinajstić information content (AvgIpc) is 2.28. The number of aliphatic hydroxyl groups excluding tert-OH is 1. The third-order valence-corrected chi connectivity index (χ3v) is 3.21. The van der Waals surface area contributed by atoms with Crippen molar-refractivity contribution >= 4 is 5.69 Å². The van der Waals surface area contributed by atoms with Crippen LogP contribution in [0.5, 0.6) is 0 Å². The van der Waals surface area contributed by atoms with Crippen LogP contribution in [0, 0.1) is 18.7 Å². The van der Waals surface area contributed by atoms with Gasteiger partial charge < -0.3 is 10.0 Å². The second kappa shape index (κ2) is 6.19. The van der Waals surface area contributed by atoms with Gasteiger partial charge in [-0.3, -0.25) is 0 Å². The lowest BCUT2D eigenvalue weighted by Gasteiger charge is -2.25. The molecule has 0 amide bonds. The zero-order valence-electron chi connectivity index (χ0n) is 12.0. The van der Waals surface area contributed by atoms with Crippen LogP contribution >= 0.6 is 0 Å². The average molecular weight is 253 g/mol. The summed E-state index contributed by atoms with van der Waals surface area (Å²) >= 11 is 0. The summed E-state index contributed by atoms with van der Waals surface area (Å²) < 4.78 is 13.6. The maximum Gasteiger partial charge on any atom is 0.126 e. The molecule has 3 heteroatoms. The van der Waals surface area contributed by atoms with Crippen molar-refractivity contribution in [3.8, 4) is 0 Å². The number of halogens is 1. The highest BCUT2D eigenvalue weighted by Crippen LogP contribution is 2.29. The van der Waals surface area contributed by atoms with Crippen LogP contribution in [-0.4, -0.2) is 18.7 Å². The van der Waals surface area contributed by atoms with Gasteiger partial charge in [0.2, 0.25) is 0 Å². The van der Waals surface area contributed by atoms with E-state index in [4.69, 9.17) is 0 Å². The number of aryl methyl sites for hydroxylation is 1. The molecule has 0 radical (unpaired) electrons. The summed E-state index contributed by atoms with van der Waals surface area (Å²) in [5.74, 6) is 0.371. The number of hydrogen-bond acceptors (Lipinski definition) is 2. The number of rotatable bonds is 5. The van der Waals surface area contributed by atoms with Crippen LogP contribution < -0.4 is 4.90 Å². The second-order valence-corrected chi connectivity index (χ2v) is 5.44. The fourth-order valence-electron chi connectivity index (χ4n) is 1.92. The molecule has 0 spiro atoms. The van der Waals surface area contributed by atoms with Gasteiger partial charge in [0.05, 0.1) is 6.10 Å². The number of aliphatic hydroxyl groups is 1. The van der Waals surface area contributed by atoms with Crippen LogP contribution in [0.3, 0.4) is 0 Å². The van der Waals surface area contributed by atoms with Crippen LogP contribution in [0.1, 0.15) is 44.4 Å². The van der Waals surface area contributed by atoms with Gasteiger partial charge in [0.25, 0.3) is 0 Å². The maximum absolute atomic E-state index is 13.6. The Balaban J connectivity index is 3.02. The van der Waals surface area contributed by atoms with Gasteiger partial charge in [-0.15, -0.1) is 0 Å². The highest BCUT2D eigenvalue weighted by atomic mass is 19.1. The first-order valence-corrected chi connectivity index (χ1v) is 6.52. The minimum Gasteiger partial charge on any atom is -0.389 e. The van der Waals surface area contributed by atoms with E-state index < -0.39 is 6.10 Å². The van der Waals surface area contributed by atoms with Gasteiger partial charge in [-0.05, 0) is 43.9 Å². The fourth-order valence-corrected chi connectivity index (χ4v) is 1.92. The minimum absolute atomic E-state index is 0.257. The first kappa shape index (κ1) is 15.0. The Kier molecular flexibility index (Phi) is 5.15. The van der Waals surface area contributed by atoms with E-state index >= 15 is 0 Å². The van der Waals surface area contributed by atoms with E-state index in [1.54, 1.807) is 13.8 Å². The predicted molar refractivity (Wildman–Crippen MR) is 74.5 cm³/mol. The van der Waals surface area contributed by atoms with E-state index in [-0.39, 0.29) is 5.82 Å². The molecule has 1 rings (SSSR count). The largest absolute Gasteiger partial charge is 0.389 e. The lowest BCUT2D eigenvalue weighted by molar-refractivity contribution is 0.199. The van der Waals surface area contributed by atoms with Crippen LogP contribution in [0.25, 0.3) is 0 Å². The molecule has 0 aromatic heterocycles. The van der Waals surface area contributed by atoms with Crippen LogP contribution in [0.2, 0.25) is 0 Å². The van der Waals surface area contributed by atoms with Crippen molar-refractivity contribution in [1.29, 1.82) is 0 Å². The Morgan fingerprint density at radius 3 is 2.39 bits per heavy atom.